The molecule has 0 aliphatic carbocycles. The fourth-order valence-electron chi connectivity index (χ4n) is 3.39. The largest absolute Gasteiger partial charge is 0.343 e. The minimum atomic E-state index is 0.115. The summed E-state index contributed by atoms with van der Waals surface area (Å²) >= 11 is 0. The van der Waals surface area contributed by atoms with Crippen molar-refractivity contribution >= 4 is 5.91 Å². The van der Waals surface area contributed by atoms with E-state index in [9.17, 15) is 4.79 Å². The number of aryl methyl sites for hydroxylation is 2. The Balaban J connectivity index is 2.25. The predicted octanol–water partition coefficient (Wildman–Crippen LogP) is 6.25. The van der Waals surface area contributed by atoms with Gasteiger partial charge in [-0.2, -0.15) is 0 Å². The molecule has 2 aromatic carbocycles. The number of hydrogen-bond donors (Lipinski definition) is 0. The molecule has 146 valence electrons. The zero-order valence-electron chi connectivity index (χ0n) is 17.5. The van der Waals surface area contributed by atoms with Gasteiger partial charge in [-0.1, -0.05) is 86.3 Å². The van der Waals surface area contributed by atoms with Gasteiger partial charge in [0.05, 0.1) is 0 Å². The molecule has 0 aromatic heterocycles. The van der Waals surface area contributed by atoms with Crippen molar-refractivity contribution in [3.05, 3.63) is 70.8 Å². The fraction of sp³-hybridized carbons (Fsp3) is 0.480. The third-order valence-electron chi connectivity index (χ3n) is 5.25. The van der Waals surface area contributed by atoms with Crippen LogP contribution >= 0.6 is 0 Å². The average molecular weight is 366 g/mol. The molecular formula is C25H35NO. The first kappa shape index (κ1) is 21.2. The van der Waals surface area contributed by atoms with Gasteiger partial charge in [-0.25, -0.2) is 0 Å². The Morgan fingerprint density at radius 3 is 1.56 bits per heavy atom. The minimum Gasteiger partial charge on any atom is -0.343 e. The number of hydrogen-bond acceptors (Lipinski definition) is 1. The van der Waals surface area contributed by atoms with E-state index < -0.39 is 0 Å². The summed E-state index contributed by atoms with van der Waals surface area (Å²) in [6.45, 7) is 10.3. The number of carbonyl (C=O) groups is 1. The Kier molecular flexibility index (Phi) is 8.57. The van der Waals surface area contributed by atoms with Gasteiger partial charge in [0.25, 0.3) is 0 Å². The first-order valence-electron chi connectivity index (χ1n) is 10.5. The number of benzene rings is 2. The molecule has 2 aromatic rings. The van der Waals surface area contributed by atoms with Crippen molar-refractivity contribution in [2.45, 2.75) is 65.7 Å². The maximum atomic E-state index is 13.2. The monoisotopic (exact) mass is 365 g/mol. The summed E-state index contributed by atoms with van der Waals surface area (Å²) in [5.74, 6) is 0.396. The van der Waals surface area contributed by atoms with E-state index in [1.807, 2.05) is 0 Å². The zero-order chi connectivity index (χ0) is 19.6. The maximum absolute atomic E-state index is 13.2. The van der Waals surface area contributed by atoms with Gasteiger partial charge in [-0.3, -0.25) is 4.79 Å². The number of carbonyl (C=O) groups excluding carboxylic acids is 1. The van der Waals surface area contributed by atoms with Crippen LogP contribution in [0.15, 0.2) is 48.5 Å². The lowest BCUT2D eigenvalue weighted by atomic mass is 9.87. The number of nitrogens with zero attached hydrogens (tertiary/aromatic N) is 1. The highest BCUT2D eigenvalue weighted by Gasteiger charge is 2.22. The van der Waals surface area contributed by atoms with Crippen molar-refractivity contribution in [3.8, 4) is 0 Å². The van der Waals surface area contributed by atoms with E-state index in [1.54, 1.807) is 0 Å². The van der Waals surface area contributed by atoms with E-state index >= 15 is 0 Å². The van der Waals surface area contributed by atoms with Crippen LogP contribution in [-0.4, -0.2) is 23.9 Å². The molecule has 0 heterocycles. The highest BCUT2D eigenvalue weighted by molar-refractivity contribution is 5.77. The lowest BCUT2D eigenvalue weighted by Crippen LogP contribution is -2.34. The van der Waals surface area contributed by atoms with Crippen LogP contribution in [-0.2, 0) is 4.79 Å². The Hall–Kier alpha value is -2.09. The van der Waals surface area contributed by atoms with Crippen LogP contribution in [0, 0.1) is 13.8 Å². The van der Waals surface area contributed by atoms with Gasteiger partial charge in [-0.15, -0.1) is 0 Å². The SMILES string of the molecule is CCCCN(CCCC)C(=O)CC(c1ccc(C)cc1)c1ccc(C)cc1. The smallest absolute Gasteiger partial charge is 0.223 e. The zero-order valence-corrected chi connectivity index (χ0v) is 17.5. The van der Waals surface area contributed by atoms with Gasteiger partial charge in [0.1, 0.15) is 0 Å². The molecule has 0 saturated heterocycles. The number of rotatable bonds is 10. The topological polar surface area (TPSA) is 20.3 Å². The van der Waals surface area contributed by atoms with Crippen LogP contribution in [0.2, 0.25) is 0 Å². The van der Waals surface area contributed by atoms with E-state index in [0.29, 0.717) is 6.42 Å². The van der Waals surface area contributed by atoms with E-state index in [-0.39, 0.29) is 11.8 Å². The Morgan fingerprint density at radius 2 is 1.19 bits per heavy atom. The number of unbranched alkanes of at least 4 members (excludes halogenated alkanes) is 2. The standard InChI is InChI=1S/C25H35NO/c1-5-7-17-26(18-8-6-2)25(27)19-24(22-13-9-20(3)10-14-22)23-15-11-21(4)12-16-23/h9-16,24H,5-8,17-19H2,1-4H3. The lowest BCUT2D eigenvalue weighted by Gasteiger charge is -2.26. The summed E-state index contributed by atoms with van der Waals surface area (Å²) in [6, 6.07) is 17.3. The van der Waals surface area contributed by atoms with Gasteiger partial charge in [0, 0.05) is 25.4 Å². The predicted molar refractivity (Wildman–Crippen MR) is 115 cm³/mol. The van der Waals surface area contributed by atoms with Crippen molar-refractivity contribution in [2.75, 3.05) is 13.1 Å². The van der Waals surface area contributed by atoms with Crippen molar-refractivity contribution in [1.82, 2.24) is 4.90 Å². The molecule has 0 aliphatic rings. The second-order valence-electron chi connectivity index (χ2n) is 7.67. The lowest BCUT2D eigenvalue weighted by molar-refractivity contribution is -0.131. The van der Waals surface area contributed by atoms with Gasteiger partial charge in [0.15, 0.2) is 0 Å². The number of amides is 1. The Labute approximate surface area is 165 Å². The first-order valence-corrected chi connectivity index (χ1v) is 10.5. The maximum Gasteiger partial charge on any atom is 0.223 e. The summed E-state index contributed by atoms with van der Waals surface area (Å²) in [5.41, 5.74) is 4.95. The van der Waals surface area contributed by atoms with E-state index in [2.05, 4.69) is 81.1 Å². The molecule has 1 amide bonds. The third kappa shape index (κ3) is 6.53. The van der Waals surface area contributed by atoms with Crippen molar-refractivity contribution < 1.29 is 4.79 Å². The molecule has 0 fully saturated rings. The molecule has 0 spiro atoms. The molecule has 0 unspecified atom stereocenters. The molecule has 2 nitrogen and oxygen atoms in total. The fourth-order valence-corrected chi connectivity index (χ4v) is 3.39. The van der Waals surface area contributed by atoms with Gasteiger partial charge < -0.3 is 4.90 Å². The highest BCUT2D eigenvalue weighted by atomic mass is 16.2. The van der Waals surface area contributed by atoms with Crippen molar-refractivity contribution in [1.29, 1.82) is 0 Å². The summed E-state index contributed by atoms with van der Waals surface area (Å²) in [5, 5.41) is 0. The van der Waals surface area contributed by atoms with E-state index in [1.165, 1.54) is 22.3 Å². The van der Waals surface area contributed by atoms with Gasteiger partial charge in [0.2, 0.25) is 5.91 Å². The van der Waals surface area contributed by atoms with Crippen LogP contribution in [0.4, 0.5) is 0 Å². The van der Waals surface area contributed by atoms with Crippen LogP contribution in [0.1, 0.15) is 74.1 Å². The highest BCUT2D eigenvalue weighted by Crippen LogP contribution is 2.29. The van der Waals surface area contributed by atoms with Crippen LogP contribution < -0.4 is 0 Å². The molecule has 2 heteroatoms. The quantitative estimate of drug-likeness (QED) is 0.487. The van der Waals surface area contributed by atoms with Crippen LogP contribution in [0.5, 0.6) is 0 Å². The summed E-state index contributed by atoms with van der Waals surface area (Å²) < 4.78 is 0. The molecular weight excluding hydrogens is 330 g/mol. The van der Waals surface area contributed by atoms with Crippen molar-refractivity contribution in [3.63, 3.8) is 0 Å². The Morgan fingerprint density at radius 1 is 0.778 bits per heavy atom. The van der Waals surface area contributed by atoms with E-state index in [4.69, 9.17) is 0 Å². The molecule has 0 atom stereocenters. The van der Waals surface area contributed by atoms with Crippen molar-refractivity contribution in [2.24, 2.45) is 0 Å². The second kappa shape index (κ2) is 10.9. The molecule has 0 radical (unpaired) electrons. The Bertz CT molecular complexity index is 634. The second-order valence-corrected chi connectivity index (χ2v) is 7.67. The van der Waals surface area contributed by atoms with Crippen LogP contribution in [0.25, 0.3) is 0 Å². The first-order chi connectivity index (χ1) is 13.0. The molecule has 0 saturated carbocycles. The van der Waals surface area contributed by atoms with Gasteiger partial charge >= 0.3 is 0 Å². The molecule has 0 aliphatic heterocycles. The third-order valence-corrected chi connectivity index (χ3v) is 5.25. The normalized spacial score (nSPS) is 11.0. The molecule has 0 N–H and O–H groups in total. The average Bonchev–Trinajstić information content (AvgIpc) is 2.68. The summed E-state index contributed by atoms with van der Waals surface area (Å²) in [4.78, 5) is 15.3. The van der Waals surface area contributed by atoms with E-state index in [0.717, 1.165) is 38.8 Å². The summed E-state index contributed by atoms with van der Waals surface area (Å²) in [7, 11) is 0. The molecule has 0 bridgehead atoms. The summed E-state index contributed by atoms with van der Waals surface area (Å²) in [6.07, 6.45) is 4.94. The minimum absolute atomic E-state index is 0.115. The van der Waals surface area contributed by atoms with Gasteiger partial charge in [-0.05, 0) is 37.8 Å². The van der Waals surface area contributed by atoms with Crippen LogP contribution in [0.3, 0.4) is 0 Å². The molecule has 2 rings (SSSR count). The molecule has 27 heavy (non-hydrogen) atoms.